The predicted octanol–water partition coefficient (Wildman–Crippen LogP) is 0.665. The highest BCUT2D eigenvalue weighted by atomic mass is 16.7. The third-order valence-corrected chi connectivity index (χ3v) is 2.26. The summed E-state index contributed by atoms with van der Waals surface area (Å²) in [6.45, 7) is 4.72. The lowest BCUT2D eigenvalue weighted by Crippen LogP contribution is -2.47. The van der Waals surface area contributed by atoms with Crippen molar-refractivity contribution in [3.63, 3.8) is 0 Å². The van der Waals surface area contributed by atoms with E-state index in [1.54, 1.807) is 0 Å². The SMILES string of the molecule is [CH]1CCOC2(CCNCC2)O1. The van der Waals surface area contributed by atoms with Gasteiger partial charge < -0.3 is 14.8 Å². The Hall–Kier alpha value is -0.120. The Kier molecular flexibility index (Phi) is 2.11. The summed E-state index contributed by atoms with van der Waals surface area (Å²) in [7, 11) is 0. The minimum atomic E-state index is -0.260. The van der Waals surface area contributed by atoms with Crippen LogP contribution >= 0.6 is 0 Å². The Bertz CT molecular complexity index is 107. The molecular weight excluding hydrogens is 142 g/mol. The van der Waals surface area contributed by atoms with Crippen molar-refractivity contribution in [1.29, 1.82) is 0 Å². The lowest BCUT2D eigenvalue weighted by molar-refractivity contribution is -0.256. The molecule has 1 spiro atoms. The van der Waals surface area contributed by atoms with E-state index in [-0.39, 0.29) is 5.79 Å². The van der Waals surface area contributed by atoms with Crippen molar-refractivity contribution >= 4 is 0 Å². The van der Waals surface area contributed by atoms with Gasteiger partial charge in [-0.25, -0.2) is 0 Å². The molecule has 0 aromatic carbocycles. The average Bonchev–Trinajstić information content (AvgIpc) is 2.07. The molecule has 0 bridgehead atoms. The maximum atomic E-state index is 5.61. The minimum Gasteiger partial charge on any atom is -0.350 e. The molecule has 2 aliphatic heterocycles. The zero-order valence-electron chi connectivity index (χ0n) is 6.64. The van der Waals surface area contributed by atoms with Crippen LogP contribution in [-0.2, 0) is 9.47 Å². The van der Waals surface area contributed by atoms with E-state index in [1.807, 2.05) is 6.61 Å². The van der Waals surface area contributed by atoms with E-state index in [0.29, 0.717) is 0 Å². The Morgan fingerprint density at radius 2 is 2.09 bits per heavy atom. The zero-order chi connectivity index (χ0) is 7.57. The molecule has 3 heteroatoms. The molecule has 2 rings (SSSR count). The molecule has 0 aromatic heterocycles. The summed E-state index contributed by atoms with van der Waals surface area (Å²) in [5.74, 6) is -0.260. The molecule has 0 aliphatic carbocycles. The van der Waals surface area contributed by atoms with Gasteiger partial charge in [0.15, 0.2) is 5.79 Å². The van der Waals surface area contributed by atoms with E-state index in [2.05, 4.69) is 5.32 Å². The van der Waals surface area contributed by atoms with Gasteiger partial charge in [-0.1, -0.05) is 0 Å². The Balaban J connectivity index is 1.94. The Labute approximate surface area is 67.1 Å². The first-order chi connectivity index (χ1) is 5.41. The zero-order valence-corrected chi connectivity index (χ0v) is 6.64. The van der Waals surface area contributed by atoms with Crippen molar-refractivity contribution in [2.45, 2.75) is 25.0 Å². The molecule has 2 heterocycles. The fourth-order valence-corrected chi connectivity index (χ4v) is 1.61. The van der Waals surface area contributed by atoms with E-state index >= 15 is 0 Å². The van der Waals surface area contributed by atoms with E-state index in [0.717, 1.165) is 39.0 Å². The predicted molar refractivity (Wildman–Crippen MR) is 40.8 cm³/mol. The van der Waals surface area contributed by atoms with Crippen LogP contribution in [0.5, 0.6) is 0 Å². The minimum absolute atomic E-state index is 0.260. The quantitative estimate of drug-likeness (QED) is 0.559. The molecule has 2 fully saturated rings. The van der Waals surface area contributed by atoms with Crippen molar-refractivity contribution in [2.75, 3.05) is 19.7 Å². The number of ether oxygens (including phenoxy) is 2. The van der Waals surface area contributed by atoms with Gasteiger partial charge >= 0.3 is 0 Å². The number of rotatable bonds is 0. The number of nitrogens with one attached hydrogen (secondary N) is 1. The fraction of sp³-hybridized carbons (Fsp3) is 0.875. The van der Waals surface area contributed by atoms with Gasteiger partial charge in [0.25, 0.3) is 0 Å². The first-order valence-corrected chi connectivity index (χ1v) is 4.26. The lowest BCUT2D eigenvalue weighted by atomic mass is 10.0. The molecule has 0 amide bonds. The van der Waals surface area contributed by atoms with Gasteiger partial charge in [-0.05, 0) is 6.42 Å². The first-order valence-electron chi connectivity index (χ1n) is 4.26. The van der Waals surface area contributed by atoms with Crippen molar-refractivity contribution in [1.82, 2.24) is 5.32 Å². The standard InChI is InChI=1S/C8H14NO2/c1-6-10-8(11-7-1)2-4-9-5-3-8/h6,9H,1-5,7H2. The largest absolute Gasteiger partial charge is 0.350 e. The third kappa shape index (κ3) is 1.55. The van der Waals surface area contributed by atoms with E-state index in [1.165, 1.54) is 0 Å². The summed E-state index contributed by atoms with van der Waals surface area (Å²) in [5, 5.41) is 3.28. The maximum absolute atomic E-state index is 5.61. The highest BCUT2D eigenvalue weighted by molar-refractivity contribution is 4.81. The second kappa shape index (κ2) is 3.09. The second-order valence-corrected chi connectivity index (χ2v) is 3.08. The molecule has 1 radical (unpaired) electrons. The fourth-order valence-electron chi connectivity index (χ4n) is 1.61. The van der Waals surface area contributed by atoms with Gasteiger partial charge in [-0.3, -0.25) is 0 Å². The van der Waals surface area contributed by atoms with Crippen LogP contribution in [0, 0.1) is 6.61 Å². The summed E-state index contributed by atoms with van der Waals surface area (Å²) in [5.41, 5.74) is 0. The Morgan fingerprint density at radius 3 is 2.73 bits per heavy atom. The molecule has 1 N–H and O–H groups in total. The molecule has 0 aromatic rings. The van der Waals surface area contributed by atoms with Crippen LogP contribution in [0.3, 0.4) is 0 Å². The van der Waals surface area contributed by atoms with E-state index in [9.17, 15) is 0 Å². The maximum Gasteiger partial charge on any atom is 0.171 e. The van der Waals surface area contributed by atoms with Crippen LogP contribution in [0.2, 0.25) is 0 Å². The topological polar surface area (TPSA) is 30.5 Å². The molecule has 2 saturated heterocycles. The number of hydrogen-bond donors (Lipinski definition) is 1. The monoisotopic (exact) mass is 156 g/mol. The van der Waals surface area contributed by atoms with Crippen LogP contribution in [0.4, 0.5) is 0 Å². The van der Waals surface area contributed by atoms with Gasteiger partial charge in [-0.15, -0.1) is 0 Å². The summed E-state index contributed by atoms with van der Waals surface area (Å²) in [6.07, 6.45) is 2.88. The van der Waals surface area contributed by atoms with Crippen molar-refractivity contribution < 1.29 is 9.47 Å². The smallest absolute Gasteiger partial charge is 0.171 e. The number of hydrogen-bond acceptors (Lipinski definition) is 3. The van der Waals surface area contributed by atoms with Gasteiger partial charge in [0.1, 0.15) is 0 Å². The van der Waals surface area contributed by atoms with E-state index in [4.69, 9.17) is 9.47 Å². The van der Waals surface area contributed by atoms with Crippen LogP contribution < -0.4 is 5.32 Å². The van der Waals surface area contributed by atoms with Crippen LogP contribution in [0.25, 0.3) is 0 Å². The number of piperidine rings is 1. The van der Waals surface area contributed by atoms with Crippen LogP contribution in [-0.4, -0.2) is 25.5 Å². The van der Waals surface area contributed by atoms with Gasteiger partial charge in [0.2, 0.25) is 0 Å². The molecule has 63 valence electrons. The molecule has 11 heavy (non-hydrogen) atoms. The van der Waals surface area contributed by atoms with Gasteiger partial charge in [0, 0.05) is 25.9 Å². The summed E-state index contributed by atoms with van der Waals surface area (Å²) in [6, 6.07) is 0. The van der Waals surface area contributed by atoms with Crippen LogP contribution in [0.15, 0.2) is 0 Å². The van der Waals surface area contributed by atoms with Crippen molar-refractivity contribution in [3.8, 4) is 0 Å². The first kappa shape index (κ1) is 7.53. The average molecular weight is 156 g/mol. The molecule has 0 unspecified atom stereocenters. The highest BCUT2D eigenvalue weighted by Crippen LogP contribution is 2.29. The summed E-state index contributed by atoms with van der Waals surface area (Å²) in [4.78, 5) is 0. The molecule has 2 aliphatic rings. The molecule has 0 saturated carbocycles. The normalized spacial score (nSPS) is 30.5. The lowest BCUT2D eigenvalue weighted by Gasteiger charge is -2.39. The molecule has 0 atom stereocenters. The highest BCUT2D eigenvalue weighted by Gasteiger charge is 2.35. The second-order valence-electron chi connectivity index (χ2n) is 3.08. The summed E-state index contributed by atoms with van der Waals surface area (Å²) < 4.78 is 11.1. The Morgan fingerprint density at radius 1 is 1.27 bits per heavy atom. The van der Waals surface area contributed by atoms with Gasteiger partial charge in [0.05, 0.1) is 13.2 Å². The van der Waals surface area contributed by atoms with Crippen molar-refractivity contribution in [2.24, 2.45) is 0 Å². The molecular formula is C8H14NO2. The molecule has 3 nitrogen and oxygen atoms in total. The third-order valence-electron chi connectivity index (χ3n) is 2.26. The summed E-state index contributed by atoms with van der Waals surface area (Å²) >= 11 is 0. The van der Waals surface area contributed by atoms with E-state index < -0.39 is 0 Å². The van der Waals surface area contributed by atoms with Crippen LogP contribution in [0.1, 0.15) is 19.3 Å². The van der Waals surface area contributed by atoms with Gasteiger partial charge in [-0.2, -0.15) is 0 Å². The van der Waals surface area contributed by atoms with Crippen molar-refractivity contribution in [3.05, 3.63) is 6.61 Å².